The number of ether oxygens (including phenoxy) is 2. The maximum atomic E-state index is 13.5. The van der Waals surface area contributed by atoms with E-state index in [4.69, 9.17) is 21.1 Å². The van der Waals surface area contributed by atoms with Crippen molar-refractivity contribution in [3.8, 4) is 11.5 Å². The molecule has 2 aliphatic carbocycles. The average Bonchev–Trinajstić information content (AvgIpc) is 2.92. The summed E-state index contributed by atoms with van der Waals surface area (Å²) in [7, 11) is 0. The number of carboxylic acids is 1. The van der Waals surface area contributed by atoms with Gasteiger partial charge in [0.1, 0.15) is 6.61 Å². The van der Waals surface area contributed by atoms with Gasteiger partial charge in [-0.15, -0.1) is 0 Å². The number of carboxylic acid groups (broad SMARTS) is 1. The summed E-state index contributed by atoms with van der Waals surface area (Å²) in [5.41, 5.74) is 4.76. The normalized spacial score (nSPS) is 17.6. The molecule has 1 heterocycles. The fourth-order valence-corrected chi connectivity index (χ4v) is 6.83. The third-order valence-electron chi connectivity index (χ3n) is 7.60. The van der Waals surface area contributed by atoms with E-state index in [0.29, 0.717) is 79.4 Å². The van der Waals surface area contributed by atoms with Gasteiger partial charge in [-0.3, -0.25) is 14.4 Å². The molecule has 7 nitrogen and oxygen atoms in total. The highest BCUT2D eigenvalue weighted by atomic mass is 127. The van der Waals surface area contributed by atoms with Crippen LogP contribution in [0.5, 0.6) is 11.5 Å². The predicted octanol–water partition coefficient (Wildman–Crippen LogP) is 6.81. The first-order valence-corrected chi connectivity index (χ1v) is 15.1. The molecule has 40 heavy (non-hydrogen) atoms. The number of hydrogen-bond acceptors (Lipinski definition) is 6. The molecule has 1 N–H and O–H groups in total. The van der Waals surface area contributed by atoms with Crippen molar-refractivity contribution in [2.24, 2.45) is 0 Å². The molecule has 210 valence electrons. The fourth-order valence-electron chi connectivity index (χ4n) is 5.92. The van der Waals surface area contributed by atoms with Crippen LogP contribution in [0.3, 0.4) is 0 Å². The molecule has 0 spiro atoms. The van der Waals surface area contributed by atoms with Gasteiger partial charge in [-0.2, -0.15) is 0 Å². The number of carbonyl (C=O) groups excluding carboxylic acids is 2. The smallest absolute Gasteiger partial charge is 0.305 e. The van der Waals surface area contributed by atoms with Crippen LogP contribution in [-0.4, -0.2) is 40.7 Å². The van der Waals surface area contributed by atoms with Gasteiger partial charge in [0.25, 0.3) is 0 Å². The van der Waals surface area contributed by atoms with Crippen molar-refractivity contribution >= 4 is 51.7 Å². The van der Waals surface area contributed by atoms with Gasteiger partial charge in [0.15, 0.2) is 23.1 Å². The third kappa shape index (κ3) is 5.79. The Kier molecular flexibility index (Phi) is 8.85. The second-order valence-corrected chi connectivity index (χ2v) is 11.8. The number of nitrogens with zero attached hydrogens (tertiary/aromatic N) is 1. The maximum absolute atomic E-state index is 13.5. The third-order valence-corrected chi connectivity index (χ3v) is 8.65. The van der Waals surface area contributed by atoms with Crippen molar-refractivity contribution in [3.05, 3.63) is 78.7 Å². The first-order chi connectivity index (χ1) is 19.3. The molecular formula is C31H31ClINO6. The van der Waals surface area contributed by atoms with Crippen molar-refractivity contribution in [3.63, 3.8) is 0 Å². The fraction of sp³-hybridized carbons (Fsp3) is 0.387. The maximum Gasteiger partial charge on any atom is 0.305 e. The highest BCUT2D eigenvalue weighted by Gasteiger charge is 2.43. The van der Waals surface area contributed by atoms with Gasteiger partial charge in [-0.1, -0.05) is 23.7 Å². The second kappa shape index (κ2) is 12.3. The zero-order valence-corrected chi connectivity index (χ0v) is 25.2. The molecule has 0 bridgehead atoms. The monoisotopic (exact) mass is 675 g/mol. The van der Waals surface area contributed by atoms with Crippen LogP contribution >= 0.6 is 34.2 Å². The number of Topliss-reactive ketones (excluding diaryl/α,β-unsaturated/α-hetero) is 2. The number of allylic oxidation sites excluding steroid dienone is 4. The van der Waals surface area contributed by atoms with E-state index in [1.165, 1.54) is 0 Å². The Morgan fingerprint density at radius 1 is 1.00 bits per heavy atom. The van der Waals surface area contributed by atoms with Gasteiger partial charge < -0.3 is 19.5 Å². The van der Waals surface area contributed by atoms with E-state index in [9.17, 15) is 19.5 Å². The summed E-state index contributed by atoms with van der Waals surface area (Å²) in [6.45, 7) is 2.90. The van der Waals surface area contributed by atoms with Crippen molar-refractivity contribution < 1.29 is 29.0 Å². The molecule has 2 aromatic carbocycles. The van der Waals surface area contributed by atoms with Crippen LogP contribution in [0, 0.1) is 3.57 Å². The molecule has 0 saturated heterocycles. The average molecular weight is 676 g/mol. The van der Waals surface area contributed by atoms with Crippen LogP contribution in [-0.2, 0) is 21.0 Å². The Labute approximate surface area is 252 Å². The molecule has 5 rings (SSSR count). The summed E-state index contributed by atoms with van der Waals surface area (Å²) < 4.78 is 13.1. The topological polar surface area (TPSA) is 93.1 Å². The van der Waals surface area contributed by atoms with Crippen LogP contribution in [0.15, 0.2) is 58.9 Å². The highest BCUT2D eigenvalue weighted by Crippen LogP contribution is 2.50. The van der Waals surface area contributed by atoms with Gasteiger partial charge in [0, 0.05) is 52.9 Å². The van der Waals surface area contributed by atoms with Crippen LogP contribution in [0.25, 0.3) is 0 Å². The van der Waals surface area contributed by atoms with Gasteiger partial charge in [0.05, 0.1) is 16.6 Å². The number of benzene rings is 2. The first-order valence-electron chi connectivity index (χ1n) is 13.6. The number of aliphatic carboxylic acids is 1. The number of ketones is 2. The summed E-state index contributed by atoms with van der Waals surface area (Å²) in [6, 6.07) is 11.3. The minimum absolute atomic E-state index is 0.0209. The lowest BCUT2D eigenvalue weighted by molar-refractivity contribution is -0.137. The van der Waals surface area contributed by atoms with Gasteiger partial charge in [-0.25, -0.2) is 0 Å². The first kappa shape index (κ1) is 28.7. The molecule has 0 fully saturated rings. The summed E-state index contributed by atoms with van der Waals surface area (Å²) >= 11 is 8.25. The molecular weight excluding hydrogens is 645 g/mol. The Balaban J connectivity index is 1.60. The van der Waals surface area contributed by atoms with E-state index in [0.717, 1.165) is 26.1 Å². The van der Waals surface area contributed by atoms with Crippen LogP contribution < -0.4 is 9.47 Å². The van der Waals surface area contributed by atoms with Crippen LogP contribution in [0.1, 0.15) is 68.9 Å². The van der Waals surface area contributed by atoms with Gasteiger partial charge in [0.2, 0.25) is 0 Å². The zero-order valence-electron chi connectivity index (χ0n) is 22.3. The zero-order chi connectivity index (χ0) is 28.4. The van der Waals surface area contributed by atoms with Crippen LogP contribution in [0.2, 0.25) is 5.02 Å². The van der Waals surface area contributed by atoms with Gasteiger partial charge >= 0.3 is 5.97 Å². The Bertz CT molecular complexity index is 1370. The minimum Gasteiger partial charge on any atom is -0.490 e. The Morgan fingerprint density at radius 3 is 2.20 bits per heavy atom. The molecule has 2 aromatic rings. The molecule has 1 aliphatic heterocycles. The lowest BCUT2D eigenvalue weighted by Crippen LogP contribution is -2.40. The summed E-state index contributed by atoms with van der Waals surface area (Å²) in [4.78, 5) is 40.5. The van der Waals surface area contributed by atoms with Crippen molar-refractivity contribution in [2.75, 3.05) is 13.2 Å². The second-order valence-electron chi connectivity index (χ2n) is 10.2. The Hall–Kier alpha value is -2.85. The number of halogens is 2. The van der Waals surface area contributed by atoms with Crippen molar-refractivity contribution in [2.45, 2.75) is 64.4 Å². The van der Waals surface area contributed by atoms with E-state index in [1.54, 1.807) is 0 Å². The number of carbonyl (C=O) groups is 3. The summed E-state index contributed by atoms with van der Waals surface area (Å²) in [5, 5.41) is 10.1. The van der Waals surface area contributed by atoms with E-state index < -0.39 is 11.9 Å². The quantitative estimate of drug-likeness (QED) is 0.292. The highest BCUT2D eigenvalue weighted by molar-refractivity contribution is 14.1. The summed E-state index contributed by atoms with van der Waals surface area (Å²) in [6.07, 6.45) is 3.55. The lowest BCUT2D eigenvalue weighted by Gasteiger charge is -2.44. The number of rotatable bonds is 9. The van der Waals surface area contributed by atoms with E-state index >= 15 is 0 Å². The molecule has 0 saturated carbocycles. The molecule has 0 radical (unpaired) electrons. The molecule has 0 unspecified atom stereocenters. The standard InChI is InChI=1S/C31H31ClINO6/c1-2-39-26-16-19(15-21(33)31(26)40-17-18-9-11-20(32)12-10-18)28-29-22(5-3-7-24(29)35)34(14-13-27(37)38)23-6-4-8-25(36)30(23)28/h9-12,15-16,28H,2-8,13-14,17H2,1H3,(H,37,38). The molecule has 3 aliphatic rings. The SMILES string of the molecule is CCOc1cc(C2C3=C(CCCC3=O)N(CCC(=O)O)C3=C2C(=O)CCC3)cc(I)c1OCc1ccc(Cl)cc1. The molecule has 0 amide bonds. The molecule has 0 atom stereocenters. The number of hydrogen-bond donors (Lipinski definition) is 1. The minimum atomic E-state index is -0.902. The largest absolute Gasteiger partial charge is 0.490 e. The van der Waals surface area contributed by atoms with E-state index in [-0.39, 0.29) is 24.5 Å². The predicted molar refractivity (Wildman–Crippen MR) is 160 cm³/mol. The van der Waals surface area contributed by atoms with Crippen molar-refractivity contribution in [1.82, 2.24) is 4.90 Å². The molecule has 0 aromatic heterocycles. The Morgan fingerprint density at radius 2 is 1.62 bits per heavy atom. The van der Waals surface area contributed by atoms with Crippen molar-refractivity contribution in [1.29, 1.82) is 0 Å². The molecule has 9 heteroatoms. The van der Waals surface area contributed by atoms with E-state index in [2.05, 4.69) is 22.6 Å². The lowest BCUT2D eigenvalue weighted by atomic mass is 9.71. The van der Waals surface area contributed by atoms with Crippen LogP contribution in [0.4, 0.5) is 0 Å². The summed E-state index contributed by atoms with van der Waals surface area (Å²) in [5.74, 6) is -0.207. The van der Waals surface area contributed by atoms with Gasteiger partial charge in [-0.05, 0) is 90.6 Å². The van der Waals surface area contributed by atoms with E-state index in [1.807, 2.05) is 48.2 Å².